The first-order valence-electron chi connectivity index (χ1n) is 3.88. The Kier molecular flexibility index (Phi) is 1.81. The maximum atomic E-state index is 4.02. The van der Waals surface area contributed by atoms with Gasteiger partial charge in [-0.25, -0.2) is 0 Å². The van der Waals surface area contributed by atoms with E-state index in [1.807, 2.05) is 17.8 Å². The van der Waals surface area contributed by atoms with Crippen LogP contribution in [0, 0.1) is 0 Å². The second-order valence-corrected chi connectivity index (χ2v) is 3.88. The van der Waals surface area contributed by atoms with E-state index in [1.165, 1.54) is 10.5 Å². The van der Waals surface area contributed by atoms with Crippen LogP contribution in [0.15, 0.2) is 47.9 Å². The number of hydrogen-bond donors (Lipinski definition) is 0. The minimum absolute atomic E-state index is 0.982. The Balaban J connectivity index is 2.56. The van der Waals surface area contributed by atoms with Gasteiger partial charge in [0.25, 0.3) is 0 Å². The van der Waals surface area contributed by atoms with Gasteiger partial charge in [-0.2, -0.15) is 0 Å². The van der Waals surface area contributed by atoms with Gasteiger partial charge in [0.05, 0.1) is 0 Å². The van der Waals surface area contributed by atoms with Crippen LogP contribution in [0.3, 0.4) is 0 Å². The highest BCUT2D eigenvalue weighted by molar-refractivity contribution is 7.99. The molecular formula is C11H10S. The topological polar surface area (TPSA) is 0 Å². The van der Waals surface area contributed by atoms with Crippen molar-refractivity contribution < 1.29 is 0 Å². The van der Waals surface area contributed by atoms with Gasteiger partial charge in [-0.15, -0.1) is 11.8 Å². The molecule has 1 aromatic rings. The zero-order valence-corrected chi connectivity index (χ0v) is 7.66. The summed E-state index contributed by atoms with van der Waals surface area (Å²) in [5, 5.41) is 0. The van der Waals surface area contributed by atoms with E-state index < -0.39 is 0 Å². The highest BCUT2D eigenvalue weighted by Gasteiger charge is 2.14. The molecule has 0 N–H and O–H groups in total. The Bertz CT molecular complexity index is 350. The summed E-state index contributed by atoms with van der Waals surface area (Å²) in [4.78, 5) is 1.33. The summed E-state index contributed by atoms with van der Waals surface area (Å²) in [5.74, 6) is 0.982. The molecular weight excluding hydrogens is 164 g/mol. The fraction of sp³-hybridized carbons (Fsp3) is 0.0909. The lowest BCUT2D eigenvalue weighted by atomic mass is 10.0. The zero-order valence-electron chi connectivity index (χ0n) is 6.84. The molecule has 60 valence electrons. The number of hydrogen-bond acceptors (Lipinski definition) is 1. The predicted molar refractivity (Wildman–Crippen MR) is 55.3 cm³/mol. The van der Waals surface area contributed by atoms with Crippen LogP contribution in [0.25, 0.3) is 5.57 Å². The van der Waals surface area contributed by atoms with E-state index in [0.717, 1.165) is 16.9 Å². The van der Waals surface area contributed by atoms with Crippen LogP contribution in [-0.2, 0) is 0 Å². The Morgan fingerprint density at radius 2 is 1.92 bits per heavy atom. The van der Waals surface area contributed by atoms with Gasteiger partial charge >= 0.3 is 0 Å². The van der Waals surface area contributed by atoms with Gasteiger partial charge in [-0.3, -0.25) is 0 Å². The molecule has 0 amide bonds. The summed E-state index contributed by atoms with van der Waals surface area (Å²) in [6.45, 7) is 8.00. The number of allylic oxidation sites excluding steroid dienone is 1. The molecule has 0 bridgehead atoms. The molecule has 1 aromatic carbocycles. The van der Waals surface area contributed by atoms with E-state index in [-0.39, 0.29) is 0 Å². The molecule has 0 unspecified atom stereocenters. The van der Waals surface area contributed by atoms with Crippen molar-refractivity contribution in [3.05, 3.63) is 48.6 Å². The highest BCUT2D eigenvalue weighted by Crippen LogP contribution is 2.37. The van der Waals surface area contributed by atoms with Gasteiger partial charge in [0, 0.05) is 10.6 Å². The monoisotopic (exact) mass is 174 g/mol. The zero-order chi connectivity index (χ0) is 8.55. The molecule has 0 atom stereocenters. The van der Waals surface area contributed by atoms with Crippen molar-refractivity contribution >= 4 is 17.3 Å². The number of benzene rings is 1. The lowest BCUT2D eigenvalue weighted by Crippen LogP contribution is -1.98. The molecule has 0 aromatic heterocycles. The van der Waals surface area contributed by atoms with E-state index in [4.69, 9.17) is 0 Å². The third-order valence-corrected chi connectivity index (χ3v) is 3.20. The van der Waals surface area contributed by atoms with Gasteiger partial charge in [-0.1, -0.05) is 31.4 Å². The minimum Gasteiger partial charge on any atom is -0.121 e. The Morgan fingerprint density at radius 3 is 2.75 bits per heavy atom. The first-order chi connectivity index (χ1) is 5.79. The average Bonchev–Trinajstić information content (AvgIpc) is 2.12. The maximum Gasteiger partial charge on any atom is 0.0232 e. The molecule has 12 heavy (non-hydrogen) atoms. The summed E-state index contributed by atoms with van der Waals surface area (Å²) in [6.07, 6.45) is 0. The Morgan fingerprint density at radius 1 is 1.17 bits per heavy atom. The van der Waals surface area contributed by atoms with Crippen molar-refractivity contribution in [3.63, 3.8) is 0 Å². The van der Waals surface area contributed by atoms with Gasteiger partial charge in [0.2, 0.25) is 0 Å². The van der Waals surface area contributed by atoms with Crippen LogP contribution >= 0.6 is 11.8 Å². The van der Waals surface area contributed by atoms with Gasteiger partial charge in [0.1, 0.15) is 0 Å². The molecule has 0 fully saturated rings. The molecule has 1 heteroatoms. The lowest BCUT2D eigenvalue weighted by molar-refractivity contribution is 1.35. The van der Waals surface area contributed by atoms with E-state index in [1.54, 1.807) is 0 Å². The largest absolute Gasteiger partial charge is 0.121 e. The average molecular weight is 174 g/mol. The first kappa shape index (κ1) is 7.69. The van der Waals surface area contributed by atoms with E-state index in [0.29, 0.717) is 0 Å². The summed E-state index contributed by atoms with van der Waals surface area (Å²) < 4.78 is 0. The third-order valence-electron chi connectivity index (χ3n) is 2.04. The summed E-state index contributed by atoms with van der Waals surface area (Å²) in [6, 6.07) is 8.35. The van der Waals surface area contributed by atoms with Crippen LogP contribution in [0.5, 0.6) is 0 Å². The summed E-state index contributed by atoms with van der Waals surface area (Å²) in [7, 11) is 0. The van der Waals surface area contributed by atoms with E-state index in [9.17, 15) is 0 Å². The van der Waals surface area contributed by atoms with Crippen molar-refractivity contribution in [1.29, 1.82) is 0 Å². The molecule has 0 nitrogen and oxygen atoms in total. The highest BCUT2D eigenvalue weighted by atomic mass is 32.2. The van der Waals surface area contributed by atoms with Crippen LogP contribution in [0.4, 0.5) is 0 Å². The maximum absolute atomic E-state index is 4.02. The minimum atomic E-state index is 0.982. The van der Waals surface area contributed by atoms with Gasteiger partial charge < -0.3 is 0 Å². The quantitative estimate of drug-likeness (QED) is 0.581. The smallest absolute Gasteiger partial charge is 0.0232 e. The standard InChI is InChI=1S/C11H10S/c1-8-7-12-11-6-4-3-5-10(11)9(8)2/h3-6H,1-2,7H2. The predicted octanol–water partition coefficient (Wildman–Crippen LogP) is 3.36. The van der Waals surface area contributed by atoms with Gasteiger partial charge in [0.15, 0.2) is 0 Å². The van der Waals surface area contributed by atoms with Crippen LogP contribution in [0.2, 0.25) is 0 Å². The molecule has 0 aliphatic carbocycles. The second-order valence-electron chi connectivity index (χ2n) is 2.87. The van der Waals surface area contributed by atoms with Crippen molar-refractivity contribution in [2.45, 2.75) is 4.90 Å². The molecule has 2 rings (SSSR count). The molecule has 1 aliphatic heterocycles. The fourth-order valence-electron chi connectivity index (χ4n) is 1.28. The molecule has 0 saturated heterocycles. The van der Waals surface area contributed by atoms with Crippen molar-refractivity contribution in [2.75, 3.05) is 5.75 Å². The van der Waals surface area contributed by atoms with Crippen LogP contribution < -0.4 is 0 Å². The van der Waals surface area contributed by atoms with Crippen LogP contribution in [-0.4, -0.2) is 5.75 Å². The van der Waals surface area contributed by atoms with Crippen LogP contribution in [0.1, 0.15) is 5.56 Å². The van der Waals surface area contributed by atoms with Crippen molar-refractivity contribution in [1.82, 2.24) is 0 Å². The second kappa shape index (κ2) is 2.83. The number of rotatable bonds is 0. The Hall–Kier alpha value is -0.950. The normalized spacial score (nSPS) is 16.0. The SMILES string of the molecule is C=C1CSc2ccccc2C1=C. The lowest BCUT2D eigenvalue weighted by Gasteiger charge is -2.19. The van der Waals surface area contributed by atoms with E-state index >= 15 is 0 Å². The van der Waals surface area contributed by atoms with Crippen molar-refractivity contribution in [2.24, 2.45) is 0 Å². The molecule has 1 aliphatic rings. The molecule has 0 radical (unpaired) electrons. The molecule has 1 heterocycles. The first-order valence-corrected chi connectivity index (χ1v) is 4.87. The fourth-order valence-corrected chi connectivity index (χ4v) is 2.31. The molecule has 0 spiro atoms. The summed E-state index contributed by atoms with van der Waals surface area (Å²) in [5.41, 5.74) is 3.50. The molecule has 0 saturated carbocycles. The third kappa shape index (κ3) is 1.10. The van der Waals surface area contributed by atoms with Crippen molar-refractivity contribution in [3.8, 4) is 0 Å². The number of thioether (sulfide) groups is 1. The van der Waals surface area contributed by atoms with E-state index in [2.05, 4.69) is 31.4 Å². The Labute approximate surface area is 77.0 Å². The van der Waals surface area contributed by atoms with Gasteiger partial charge in [-0.05, 0) is 22.8 Å². The number of fused-ring (bicyclic) bond motifs is 1. The summed E-state index contributed by atoms with van der Waals surface area (Å²) >= 11 is 1.84.